The van der Waals surface area contributed by atoms with Gasteiger partial charge in [0.25, 0.3) is 0 Å². The second-order valence-electron chi connectivity index (χ2n) is 19.4. The van der Waals surface area contributed by atoms with Crippen LogP contribution in [0.2, 0.25) is 0 Å². The quantitative estimate of drug-likeness (QED) is 0.152. The fraction of sp³-hybridized carbons (Fsp3) is 0.0781. The molecule has 4 heterocycles. The van der Waals surface area contributed by atoms with Crippen LogP contribution in [0.1, 0.15) is 26.3 Å². The summed E-state index contributed by atoms with van der Waals surface area (Å²) < 4.78 is 26.3. The second kappa shape index (κ2) is 16.6. The maximum atomic E-state index is 14.5. The molecule has 0 fully saturated rings. The van der Waals surface area contributed by atoms with E-state index < -0.39 is 0 Å². The van der Waals surface area contributed by atoms with Crippen LogP contribution in [-0.4, -0.2) is 20.8 Å². The van der Waals surface area contributed by atoms with Gasteiger partial charge >= 0.3 is 0 Å². The van der Waals surface area contributed by atoms with Crippen molar-refractivity contribution in [3.8, 4) is 45.3 Å². The van der Waals surface area contributed by atoms with Crippen molar-refractivity contribution in [1.82, 2.24) is 14.1 Å². The molecular formula is C64H48FN5O. The number of fused-ring (bicyclic) bond motifs is 7. The first kappa shape index (κ1) is 42.2. The Balaban J connectivity index is 0.995. The molecule has 6 nitrogen and oxygen atoms in total. The van der Waals surface area contributed by atoms with Gasteiger partial charge in [-0.25, -0.2) is 9.37 Å². The SMILES string of the molecule is CC(C)(C)c1ccnc(-n2c3ccccc3c3ccc(Oc4cc(N5CN(c6c(-c7ccccc7)cccc6-c6ccc(F)cc6)c6ccccc65)cc(-n5c6ccccc6c6ccccc65)c4)cc32)c1. The average molecular weight is 922 g/mol. The lowest BCUT2D eigenvalue weighted by Gasteiger charge is -2.27. The Bertz CT molecular complexity index is 3960. The van der Waals surface area contributed by atoms with Crippen LogP contribution in [0, 0.1) is 5.82 Å². The van der Waals surface area contributed by atoms with Gasteiger partial charge in [0.05, 0.1) is 44.8 Å². The van der Waals surface area contributed by atoms with Crippen LogP contribution in [0.4, 0.5) is 27.1 Å². The van der Waals surface area contributed by atoms with Gasteiger partial charge in [0.15, 0.2) is 0 Å². The number of nitrogens with zero attached hydrogens (tertiary/aromatic N) is 5. The number of anilines is 4. The molecule has 0 N–H and O–H groups in total. The minimum absolute atomic E-state index is 0.0487. The molecule has 71 heavy (non-hydrogen) atoms. The smallest absolute Gasteiger partial charge is 0.137 e. The number of aromatic nitrogens is 3. The molecule has 0 atom stereocenters. The summed E-state index contributed by atoms with van der Waals surface area (Å²) in [7, 11) is 0. The van der Waals surface area contributed by atoms with Crippen LogP contribution in [0.25, 0.3) is 77.4 Å². The maximum Gasteiger partial charge on any atom is 0.137 e. The summed E-state index contributed by atoms with van der Waals surface area (Å²) in [6.07, 6.45) is 1.92. The predicted octanol–water partition coefficient (Wildman–Crippen LogP) is 17.1. The molecule has 7 heteroatoms. The molecule has 3 aromatic heterocycles. The Labute approximate surface area is 411 Å². The monoisotopic (exact) mass is 921 g/mol. The molecule has 0 unspecified atom stereocenters. The molecule has 1 aliphatic rings. The number of hydrogen-bond acceptors (Lipinski definition) is 4. The van der Waals surface area contributed by atoms with Crippen molar-refractivity contribution < 1.29 is 9.13 Å². The summed E-state index contributed by atoms with van der Waals surface area (Å²) in [6.45, 7) is 7.20. The minimum Gasteiger partial charge on any atom is -0.457 e. The van der Waals surface area contributed by atoms with Gasteiger partial charge < -0.3 is 19.1 Å². The van der Waals surface area contributed by atoms with Crippen LogP contribution in [-0.2, 0) is 5.41 Å². The van der Waals surface area contributed by atoms with Gasteiger partial charge in [-0.3, -0.25) is 4.57 Å². The standard InChI is InChI=1S/C64H48FN5O/c1-64(2,3)44-34-35-66-62(36-44)70-58-25-12-9-20-54(58)55-33-32-48(40-61(55)70)71-49-38-46(37-47(39-49)69-56-23-10-7-18-52(56)53-19-8-11-24-57(53)69)67-41-68(60-27-14-13-26-59(60)67)63-50(42-16-5-4-6-17-42)21-15-22-51(63)43-28-30-45(65)31-29-43/h4-40H,41H2,1-3H3. The van der Waals surface area contributed by atoms with E-state index in [1.54, 1.807) is 12.1 Å². The third-order valence-electron chi connectivity index (χ3n) is 14.0. The van der Waals surface area contributed by atoms with Gasteiger partial charge in [-0.05, 0) is 94.9 Å². The normalized spacial score (nSPS) is 12.7. The molecule has 0 saturated heterocycles. The van der Waals surface area contributed by atoms with Crippen molar-refractivity contribution in [2.45, 2.75) is 26.2 Å². The van der Waals surface area contributed by atoms with Crippen molar-refractivity contribution >= 4 is 66.4 Å². The number of ether oxygens (including phenoxy) is 1. The summed E-state index contributed by atoms with van der Waals surface area (Å²) in [5.74, 6) is 2.01. The molecule has 12 aromatic rings. The second-order valence-corrected chi connectivity index (χ2v) is 19.4. The zero-order valence-corrected chi connectivity index (χ0v) is 39.6. The summed E-state index contributed by atoms with van der Waals surface area (Å²) in [4.78, 5) is 9.73. The lowest BCUT2D eigenvalue weighted by molar-refractivity contribution is 0.483. The zero-order chi connectivity index (χ0) is 47.8. The largest absolute Gasteiger partial charge is 0.457 e. The van der Waals surface area contributed by atoms with Gasteiger partial charge in [-0.15, -0.1) is 0 Å². The Morgan fingerprint density at radius 2 is 1.01 bits per heavy atom. The number of para-hydroxylation sites is 6. The Kier molecular flexibility index (Phi) is 9.89. The highest BCUT2D eigenvalue weighted by Gasteiger charge is 2.32. The van der Waals surface area contributed by atoms with Crippen molar-refractivity contribution in [3.05, 3.63) is 236 Å². The van der Waals surface area contributed by atoms with E-state index in [9.17, 15) is 4.39 Å². The zero-order valence-electron chi connectivity index (χ0n) is 39.6. The van der Waals surface area contributed by atoms with Crippen LogP contribution in [0.15, 0.2) is 225 Å². The molecule has 9 aromatic carbocycles. The molecule has 342 valence electrons. The molecule has 0 radical (unpaired) electrons. The average Bonchev–Trinajstić information content (AvgIpc) is 4.07. The molecule has 0 saturated carbocycles. The number of pyridine rings is 1. The molecule has 0 aliphatic carbocycles. The third kappa shape index (κ3) is 7.19. The van der Waals surface area contributed by atoms with Crippen molar-refractivity contribution in [3.63, 3.8) is 0 Å². The molecule has 1 aliphatic heterocycles. The lowest BCUT2D eigenvalue weighted by Crippen LogP contribution is -2.25. The van der Waals surface area contributed by atoms with Crippen molar-refractivity contribution in [2.75, 3.05) is 16.5 Å². The van der Waals surface area contributed by atoms with Gasteiger partial charge in [-0.1, -0.05) is 148 Å². The first-order valence-corrected chi connectivity index (χ1v) is 24.2. The number of rotatable bonds is 8. The molecule has 0 bridgehead atoms. The van der Waals surface area contributed by atoms with E-state index in [1.165, 1.54) is 16.3 Å². The molecule has 13 rings (SSSR count). The van der Waals surface area contributed by atoms with E-state index in [4.69, 9.17) is 9.72 Å². The number of halogens is 1. The van der Waals surface area contributed by atoms with Crippen LogP contribution < -0.4 is 14.5 Å². The lowest BCUT2D eigenvalue weighted by atomic mass is 9.88. The van der Waals surface area contributed by atoms with E-state index in [0.29, 0.717) is 18.2 Å². The van der Waals surface area contributed by atoms with E-state index in [1.807, 2.05) is 24.4 Å². The first-order chi connectivity index (χ1) is 34.7. The summed E-state index contributed by atoms with van der Waals surface area (Å²) in [6, 6.07) is 75.5. The highest BCUT2D eigenvalue weighted by Crippen LogP contribution is 2.51. The maximum absolute atomic E-state index is 14.5. The minimum atomic E-state index is -0.265. The highest BCUT2D eigenvalue weighted by molar-refractivity contribution is 6.10. The van der Waals surface area contributed by atoms with Gasteiger partial charge in [0.2, 0.25) is 0 Å². The van der Waals surface area contributed by atoms with E-state index >= 15 is 0 Å². The predicted molar refractivity (Wildman–Crippen MR) is 291 cm³/mol. The first-order valence-electron chi connectivity index (χ1n) is 24.2. The van der Waals surface area contributed by atoms with E-state index in [0.717, 1.165) is 89.3 Å². The molecular weight excluding hydrogens is 874 g/mol. The van der Waals surface area contributed by atoms with Gasteiger partial charge in [0.1, 0.15) is 29.8 Å². The fourth-order valence-electron chi connectivity index (χ4n) is 10.7. The summed E-state index contributed by atoms with van der Waals surface area (Å²) in [5.41, 5.74) is 14.7. The van der Waals surface area contributed by atoms with Crippen molar-refractivity contribution in [2.24, 2.45) is 0 Å². The van der Waals surface area contributed by atoms with Gasteiger partial charge in [-0.2, -0.15) is 0 Å². The van der Waals surface area contributed by atoms with Crippen molar-refractivity contribution in [1.29, 1.82) is 0 Å². The summed E-state index contributed by atoms with van der Waals surface area (Å²) in [5, 5.41) is 4.64. The Morgan fingerprint density at radius 1 is 0.451 bits per heavy atom. The van der Waals surface area contributed by atoms with Crippen LogP contribution in [0.3, 0.4) is 0 Å². The molecule has 0 spiro atoms. The number of hydrogen-bond donors (Lipinski definition) is 0. The van der Waals surface area contributed by atoms with Gasteiger partial charge in [0, 0.05) is 62.8 Å². The van der Waals surface area contributed by atoms with E-state index in [2.05, 4.69) is 228 Å². The van der Waals surface area contributed by atoms with E-state index in [-0.39, 0.29) is 11.2 Å². The third-order valence-corrected chi connectivity index (χ3v) is 14.0. The number of benzene rings is 9. The Hall–Kier alpha value is -8.94. The van der Waals surface area contributed by atoms with Crippen LogP contribution >= 0.6 is 0 Å². The highest BCUT2D eigenvalue weighted by atomic mass is 19.1. The fourth-order valence-corrected chi connectivity index (χ4v) is 10.7. The summed E-state index contributed by atoms with van der Waals surface area (Å²) >= 11 is 0. The van der Waals surface area contributed by atoms with Crippen LogP contribution in [0.5, 0.6) is 11.5 Å². The Morgan fingerprint density at radius 3 is 1.68 bits per heavy atom. The molecule has 0 amide bonds. The topological polar surface area (TPSA) is 38.5 Å².